The first-order valence-electron chi connectivity index (χ1n) is 7.16. The molecule has 0 spiro atoms. The molecule has 1 aromatic carbocycles. The fraction of sp³-hybridized carbons (Fsp3) is 0.533. The Balaban J connectivity index is 2.33. The molecule has 2 aromatic rings. The number of nitrogen functional groups attached to an aromatic ring is 1. The first-order valence-corrected chi connectivity index (χ1v) is 7.16. The molecule has 5 nitrogen and oxygen atoms in total. The Morgan fingerprint density at radius 2 is 2.15 bits per heavy atom. The largest absolute Gasteiger partial charge is 0.491 e. The molecular formula is C15H23N3O2. The molecular weight excluding hydrogens is 254 g/mol. The van der Waals surface area contributed by atoms with Crippen LogP contribution in [0.1, 0.15) is 27.2 Å². The van der Waals surface area contributed by atoms with Crippen molar-refractivity contribution in [2.24, 2.45) is 0 Å². The van der Waals surface area contributed by atoms with Gasteiger partial charge in [-0.1, -0.05) is 13.0 Å². The standard InChI is InChI=1S/C15H23N3O2/c1-4-9-20-13-8-6-7-12-14(13)17-15(16)18(12)10-11(3)19-5-2/h6-8,11H,4-5,9-10H2,1-3H3,(H2,16,17). The molecule has 0 bridgehead atoms. The molecule has 0 aliphatic heterocycles. The van der Waals surface area contributed by atoms with Gasteiger partial charge < -0.3 is 19.8 Å². The van der Waals surface area contributed by atoms with Crippen LogP contribution < -0.4 is 10.5 Å². The van der Waals surface area contributed by atoms with Crippen LogP contribution >= 0.6 is 0 Å². The molecule has 5 heteroatoms. The van der Waals surface area contributed by atoms with Gasteiger partial charge in [0.25, 0.3) is 0 Å². The van der Waals surface area contributed by atoms with Gasteiger partial charge in [0.2, 0.25) is 5.95 Å². The first-order chi connectivity index (χ1) is 9.67. The van der Waals surface area contributed by atoms with Crippen LogP contribution in [0.3, 0.4) is 0 Å². The normalized spacial score (nSPS) is 12.8. The van der Waals surface area contributed by atoms with Gasteiger partial charge in [0.05, 0.1) is 24.8 Å². The van der Waals surface area contributed by atoms with Crippen LogP contribution in [0.5, 0.6) is 5.75 Å². The van der Waals surface area contributed by atoms with E-state index in [0.29, 0.717) is 25.7 Å². The molecule has 0 aliphatic carbocycles. The Bertz CT molecular complexity index is 565. The van der Waals surface area contributed by atoms with E-state index in [1.165, 1.54) is 0 Å². The topological polar surface area (TPSA) is 62.3 Å². The van der Waals surface area contributed by atoms with Crippen LogP contribution in [0.2, 0.25) is 0 Å². The van der Waals surface area contributed by atoms with Gasteiger partial charge in [-0.05, 0) is 32.4 Å². The average Bonchev–Trinajstić information content (AvgIpc) is 2.74. The summed E-state index contributed by atoms with van der Waals surface area (Å²) >= 11 is 0. The Labute approximate surface area is 119 Å². The SMILES string of the molecule is CCCOc1cccc2c1nc(N)n2CC(C)OCC. The summed E-state index contributed by atoms with van der Waals surface area (Å²) in [5, 5.41) is 0. The fourth-order valence-electron chi connectivity index (χ4n) is 2.25. The van der Waals surface area contributed by atoms with E-state index in [1.807, 2.05) is 36.6 Å². The van der Waals surface area contributed by atoms with E-state index < -0.39 is 0 Å². The van der Waals surface area contributed by atoms with Gasteiger partial charge >= 0.3 is 0 Å². The molecule has 2 rings (SSSR count). The highest BCUT2D eigenvalue weighted by Crippen LogP contribution is 2.27. The van der Waals surface area contributed by atoms with Crippen molar-refractivity contribution < 1.29 is 9.47 Å². The number of para-hydroxylation sites is 1. The van der Waals surface area contributed by atoms with Gasteiger partial charge in [0.15, 0.2) is 0 Å². The summed E-state index contributed by atoms with van der Waals surface area (Å²) in [7, 11) is 0. The van der Waals surface area contributed by atoms with Crippen molar-refractivity contribution >= 4 is 17.0 Å². The second-order valence-electron chi connectivity index (χ2n) is 4.82. The summed E-state index contributed by atoms with van der Waals surface area (Å²) < 4.78 is 13.3. The second kappa shape index (κ2) is 6.61. The third kappa shape index (κ3) is 3.04. The lowest BCUT2D eigenvalue weighted by Gasteiger charge is -2.14. The van der Waals surface area contributed by atoms with E-state index in [2.05, 4.69) is 11.9 Å². The summed E-state index contributed by atoms with van der Waals surface area (Å²) in [6.07, 6.45) is 1.06. The number of nitrogens with two attached hydrogens (primary N) is 1. The Hall–Kier alpha value is -1.75. The van der Waals surface area contributed by atoms with Crippen molar-refractivity contribution in [3.63, 3.8) is 0 Å². The van der Waals surface area contributed by atoms with Gasteiger partial charge in [-0.25, -0.2) is 4.98 Å². The molecule has 1 aromatic heterocycles. The van der Waals surface area contributed by atoms with Gasteiger partial charge in [0, 0.05) is 6.61 Å². The Morgan fingerprint density at radius 3 is 2.85 bits per heavy atom. The van der Waals surface area contributed by atoms with Crippen molar-refractivity contribution in [1.82, 2.24) is 9.55 Å². The lowest BCUT2D eigenvalue weighted by molar-refractivity contribution is 0.0652. The minimum absolute atomic E-state index is 0.0971. The van der Waals surface area contributed by atoms with Crippen LogP contribution in [0, 0.1) is 0 Å². The van der Waals surface area contributed by atoms with E-state index in [4.69, 9.17) is 15.2 Å². The summed E-state index contributed by atoms with van der Waals surface area (Å²) in [4.78, 5) is 4.44. The zero-order valence-electron chi connectivity index (χ0n) is 12.4. The summed E-state index contributed by atoms with van der Waals surface area (Å²) in [6.45, 7) is 8.17. The van der Waals surface area contributed by atoms with Crippen molar-refractivity contribution in [3.8, 4) is 5.75 Å². The van der Waals surface area contributed by atoms with Crippen molar-refractivity contribution in [2.75, 3.05) is 18.9 Å². The molecule has 2 N–H and O–H groups in total. The van der Waals surface area contributed by atoms with Crippen LogP contribution in [0.4, 0.5) is 5.95 Å². The highest BCUT2D eigenvalue weighted by Gasteiger charge is 2.14. The van der Waals surface area contributed by atoms with Gasteiger partial charge in [0.1, 0.15) is 11.3 Å². The molecule has 0 radical (unpaired) electrons. The minimum Gasteiger partial charge on any atom is -0.491 e. The number of fused-ring (bicyclic) bond motifs is 1. The van der Waals surface area contributed by atoms with Crippen LogP contribution in [-0.4, -0.2) is 28.9 Å². The highest BCUT2D eigenvalue weighted by atomic mass is 16.5. The lowest BCUT2D eigenvalue weighted by Crippen LogP contribution is -2.17. The molecule has 110 valence electrons. The second-order valence-corrected chi connectivity index (χ2v) is 4.82. The number of hydrogen-bond donors (Lipinski definition) is 1. The number of ether oxygens (including phenoxy) is 2. The third-order valence-electron chi connectivity index (χ3n) is 3.12. The molecule has 20 heavy (non-hydrogen) atoms. The monoisotopic (exact) mass is 277 g/mol. The number of nitrogens with zero attached hydrogens (tertiary/aromatic N) is 2. The van der Waals surface area contributed by atoms with E-state index in [-0.39, 0.29) is 6.10 Å². The van der Waals surface area contributed by atoms with E-state index in [0.717, 1.165) is 23.2 Å². The van der Waals surface area contributed by atoms with Crippen LogP contribution in [0.25, 0.3) is 11.0 Å². The maximum absolute atomic E-state index is 6.04. The van der Waals surface area contributed by atoms with Crippen LogP contribution in [-0.2, 0) is 11.3 Å². The molecule has 0 amide bonds. The maximum atomic E-state index is 6.04. The predicted molar refractivity (Wildman–Crippen MR) is 81.0 cm³/mol. The molecule has 0 fully saturated rings. The first kappa shape index (κ1) is 14.7. The molecule has 1 atom stereocenters. The van der Waals surface area contributed by atoms with Crippen LogP contribution in [0.15, 0.2) is 18.2 Å². The average molecular weight is 277 g/mol. The molecule has 1 unspecified atom stereocenters. The smallest absolute Gasteiger partial charge is 0.201 e. The lowest BCUT2D eigenvalue weighted by atomic mass is 10.3. The minimum atomic E-state index is 0.0971. The number of aromatic nitrogens is 2. The quantitative estimate of drug-likeness (QED) is 0.845. The number of rotatable bonds is 7. The number of anilines is 1. The maximum Gasteiger partial charge on any atom is 0.201 e. The zero-order chi connectivity index (χ0) is 14.5. The summed E-state index contributed by atoms with van der Waals surface area (Å²) in [5.74, 6) is 1.29. The zero-order valence-corrected chi connectivity index (χ0v) is 12.4. The molecule has 1 heterocycles. The van der Waals surface area contributed by atoms with Crippen molar-refractivity contribution in [1.29, 1.82) is 0 Å². The van der Waals surface area contributed by atoms with Gasteiger partial charge in [-0.3, -0.25) is 0 Å². The van der Waals surface area contributed by atoms with E-state index in [9.17, 15) is 0 Å². The predicted octanol–water partition coefficient (Wildman–Crippen LogP) is 2.83. The fourth-order valence-corrected chi connectivity index (χ4v) is 2.25. The summed E-state index contributed by atoms with van der Waals surface area (Å²) in [5.41, 5.74) is 7.85. The molecule has 0 saturated carbocycles. The van der Waals surface area contributed by atoms with E-state index in [1.54, 1.807) is 0 Å². The van der Waals surface area contributed by atoms with Crippen molar-refractivity contribution in [3.05, 3.63) is 18.2 Å². The molecule has 0 aliphatic rings. The highest BCUT2D eigenvalue weighted by molar-refractivity contribution is 5.84. The van der Waals surface area contributed by atoms with E-state index >= 15 is 0 Å². The van der Waals surface area contributed by atoms with Crippen molar-refractivity contribution in [2.45, 2.75) is 39.8 Å². The van der Waals surface area contributed by atoms with Gasteiger partial charge in [-0.15, -0.1) is 0 Å². The molecule has 0 saturated heterocycles. The number of imidazole rings is 1. The Kier molecular flexibility index (Phi) is 4.84. The summed E-state index contributed by atoms with van der Waals surface area (Å²) in [6, 6.07) is 5.91. The third-order valence-corrected chi connectivity index (χ3v) is 3.12. The number of hydrogen-bond acceptors (Lipinski definition) is 4. The Morgan fingerprint density at radius 1 is 1.35 bits per heavy atom. The van der Waals surface area contributed by atoms with Gasteiger partial charge in [-0.2, -0.15) is 0 Å². The number of benzene rings is 1.